The third-order valence-corrected chi connectivity index (χ3v) is 6.57. The molecule has 0 saturated carbocycles. The van der Waals surface area contributed by atoms with Gasteiger partial charge in [-0.05, 0) is 60.7 Å². The number of halogens is 1. The number of anilines is 1. The molecule has 0 amide bonds. The molecule has 38 heavy (non-hydrogen) atoms. The van der Waals surface area contributed by atoms with Crippen molar-refractivity contribution in [3.05, 3.63) is 63.7 Å². The number of hydrogen-bond acceptors (Lipinski definition) is 7. The summed E-state index contributed by atoms with van der Waals surface area (Å²) in [6.07, 6.45) is -1.09. The predicted octanol–water partition coefficient (Wildman–Crippen LogP) is 3.07. The number of Topliss-reactive ketones (excluding diaryl/α,β-unsaturated/α-hetero) is 1. The minimum Gasteiger partial charge on any atom is -0.479 e. The summed E-state index contributed by atoms with van der Waals surface area (Å²) in [4.78, 5) is 31.7. The van der Waals surface area contributed by atoms with Crippen LogP contribution in [0.5, 0.6) is 0 Å². The Balaban J connectivity index is 0.000000432. The van der Waals surface area contributed by atoms with Gasteiger partial charge in [-0.25, -0.2) is 9.59 Å². The summed E-state index contributed by atoms with van der Waals surface area (Å²) in [5.74, 6) is -3.23. The number of benzene rings is 2. The lowest BCUT2D eigenvalue weighted by Gasteiger charge is -2.17. The fourth-order valence-corrected chi connectivity index (χ4v) is 4.10. The van der Waals surface area contributed by atoms with Crippen LogP contribution in [0.1, 0.15) is 49.4 Å². The molecule has 208 valence electrons. The number of carboxylic acid groups (broad SMARTS) is 2. The van der Waals surface area contributed by atoms with Gasteiger partial charge in [-0.15, -0.1) is 0 Å². The van der Waals surface area contributed by atoms with Gasteiger partial charge in [0.2, 0.25) is 0 Å². The Kier molecular flexibility index (Phi) is 11.7. The SMILES string of the molecule is CC(C)(C)C(=O)CCc1ccc(CNc2c(Cl)ccc3c2CCNCC3)cc1.O=C(O)[C@H](O)[C@@H](O)C(=O)O. The van der Waals surface area contributed by atoms with Crippen molar-refractivity contribution in [2.24, 2.45) is 5.41 Å². The molecule has 3 rings (SSSR count). The van der Waals surface area contributed by atoms with E-state index in [4.69, 9.17) is 32.0 Å². The fourth-order valence-electron chi connectivity index (χ4n) is 3.85. The average molecular weight is 549 g/mol. The maximum atomic E-state index is 12.1. The summed E-state index contributed by atoms with van der Waals surface area (Å²) in [7, 11) is 0. The number of carbonyl (C=O) groups excluding carboxylic acids is 1. The molecule has 0 aromatic heterocycles. The third-order valence-electron chi connectivity index (χ3n) is 6.26. The van der Waals surface area contributed by atoms with Crippen molar-refractivity contribution in [1.29, 1.82) is 0 Å². The van der Waals surface area contributed by atoms with E-state index in [1.807, 2.05) is 26.8 Å². The highest BCUT2D eigenvalue weighted by molar-refractivity contribution is 6.33. The Morgan fingerprint density at radius 1 is 0.921 bits per heavy atom. The monoisotopic (exact) mass is 548 g/mol. The van der Waals surface area contributed by atoms with Gasteiger partial charge in [0.25, 0.3) is 0 Å². The zero-order valence-corrected chi connectivity index (χ0v) is 22.7. The third kappa shape index (κ3) is 9.40. The fraction of sp³-hybridized carbons (Fsp3) is 0.464. The van der Waals surface area contributed by atoms with Crippen molar-refractivity contribution in [3.8, 4) is 0 Å². The number of hydrogen-bond donors (Lipinski definition) is 6. The smallest absolute Gasteiger partial charge is 0.335 e. The molecule has 10 heteroatoms. The molecule has 6 N–H and O–H groups in total. The van der Waals surface area contributed by atoms with Crippen LogP contribution in [0.25, 0.3) is 0 Å². The van der Waals surface area contributed by atoms with Crippen LogP contribution >= 0.6 is 11.6 Å². The molecule has 2 aromatic rings. The van der Waals surface area contributed by atoms with Crippen LogP contribution in [0.4, 0.5) is 5.69 Å². The van der Waals surface area contributed by atoms with E-state index >= 15 is 0 Å². The number of ketones is 1. The number of nitrogens with one attached hydrogen (secondary N) is 2. The molecule has 0 aliphatic carbocycles. The van der Waals surface area contributed by atoms with E-state index in [0.717, 1.165) is 49.6 Å². The summed E-state index contributed by atoms with van der Waals surface area (Å²) < 4.78 is 0. The highest BCUT2D eigenvalue weighted by atomic mass is 35.5. The number of aliphatic carboxylic acids is 2. The van der Waals surface area contributed by atoms with Crippen LogP contribution in [0.3, 0.4) is 0 Å². The van der Waals surface area contributed by atoms with Crippen LogP contribution in [-0.4, -0.2) is 63.4 Å². The molecule has 0 saturated heterocycles. The van der Waals surface area contributed by atoms with Gasteiger partial charge in [0.05, 0.1) is 10.7 Å². The van der Waals surface area contributed by atoms with Crippen LogP contribution < -0.4 is 10.6 Å². The Morgan fingerprint density at radius 2 is 1.47 bits per heavy atom. The van der Waals surface area contributed by atoms with Crippen LogP contribution in [-0.2, 0) is 40.2 Å². The van der Waals surface area contributed by atoms with E-state index in [0.29, 0.717) is 12.2 Å². The summed E-state index contributed by atoms with van der Waals surface area (Å²) in [6, 6.07) is 12.7. The minimum absolute atomic E-state index is 0.258. The summed E-state index contributed by atoms with van der Waals surface area (Å²) in [5, 5.41) is 40.3. The lowest BCUT2D eigenvalue weighted by Crippen LogP contribution is -2.39. The first kappa shape index (κ1) is 31.2. The molecule has 1 aliphatic rings. The second-order valence-corrected chi connectivity index (χ2v) is 10.6. The molecule has 1 aliphatic heterocycles. The largest absolute Gasteiger partial charge is 0.479 e. The van der Waals surface area contributed by atoms with Gasteiger partial charge >= 0.3 is 11.9 Å². The number of aliphatic hydroxyl groups is 2. The highest BCUT2D eigenvalue weighted by Crippen LogP contribution is 2.31. The molecule has 0 bridgehead atoms. The number of aryl methyl sites for hydroxylation is 1. The standard InChI is InChI=1S/C24H31ClN2O.C4H6O6/c1-24(2,3)22(28)11-8-17-4-6-18(7-5-17)16-27-23-20-13-15-26-14-12-19(20)9-10-21(23)25;5-1(3(7)8)2(6)4(9)10/h4-7,9-10,26-27H,8,11-16H2,1-3H3;1-2,5-6H,(H,7,8)(H,9,10)/t;1-,2-/m.1/s1. The Morgan fingerprint density at radius 3 is 2.03 bits per heavy atom. The maximum Gasteiger partial charge on any atom is 0.335 e. The summed E-state index contributed by atoms with van der Waals surface area (Å²) >= 11 is 6.50. The molecule has 1 heterocycles. The Bertz CT molecular complexity index is 1100. The first-order valence-electron chi connectivity index (χ1n) is 12.5. The van der Waals surface area contributed by atoms with E-state index in [2.05, 4.69) is 41.0 Å². The van der Waals surface area contributed by atoms with Crippen LogP contribution in [0.15, 0.2) is 36.4 Å². The van der Waals surface area contributed by atoms with Gasteiger partial charge in [0.15, 0.2) is 12.2 Å². The maximum absolute atomic E-state index is 12.1. The van der Waals surface area contributed by atoms with Gasteiger partial charge < -0.3 is 31.1 Å². The number of aliphatic hydroxyl groups excluding tert-OH is 2. The molecular formula is C28H37ClN2O7. The summed E-state index contributed by atoms with van der Waals surface area (Å²) in [6.45, 7) is 8.70. The summed E-state index contributed by atoms with van der Waals surface area (Å²) in [5.41, 5.74) is 5.96. The highest BCUT2D eigenvalue weighted by Gasteiger charge is 2.29. The normalized spacial score (nSPS) is 14.7. The lowest BCUT2D eigenvalue weighted by atomic mass is 9.87. The van der Waals surface area contributed by atoms with Gasteiger partial charge in [0, 0.05) is 18.4 Å². The molecule has 2 aromatic carbocycles. The number of rotatable bonds is 9. The first-order chi connectivity index (χ1) is 17.8. The molecule has 0 fully saturated rings. The van der Waals surface area contributed by atoms with E-state index in [1.165, 1.54) is 22.3 Å². The number of carboxylic acids is 2. The average Bonchev–Trinajstić information content (AvgIpc) is 3.11. The predicted molar refractivity (Wildman–Crippen MR) is 146 cm³/mol. The van der Waals surface area contributed by atoms with E-state index < -0.39 is 24.1 Å². The molecule has 9 nitrogen and oxygen atoms in total. The van der Waals surface area contributed by atoms with Crippen LogP contribution in [0, 0.1) is 5.41 Å². The van der Waals surface area contributed by atoms with Gasteiger partial charge in [-0.3, -0.25) is 4.79 Å². The first-order valence-corrected chi connectivity index (χ1v) is 12.9. The molecule has 0 radical (unpaired) electrons. The zero-order chi connectivity index (χ0) is 28.5. The molecule has 0 unspecified atom stereocenters. The number of carbonyl (C=O) groups is 3. The van der Waals surface area contributed by atoms with Crippen molar-refractivity contribution in [2.45, 2.75) is 65.2 Å². The Hall–Kier alpha value is -2.98. The van der Waals surface area contributed by atoms with Crippen molar-refractivity contribution in [2.75, 3.05) is 18.4 Å². The van der Waals surface area contributed by atoms with E-state index in [1.54, 1.807) is 0 Å². The zero-order valence-electron chi connectivity index (χ0n) is 22.0. The van der Waals surface area contributed by atoms with Gasteiger partial charge in [-0.1, -0.05) is 62.7 Å². The molecular weight excluding hydrogens is 512 g/mol. The lowest BCUT2D eigenvalue weighted by molar-refractivity contribution is -0.165. The minimum atomic E-state index is -2.27. The van der Waals surface area contributed by atoms with Gasteiger partial charge in [0.1, 0.15) is 5.78 Å². The van der Waals surface area contributed by atoms with Crippen molar-refractivity contribution in [3.63, 3.8) is 0 Å². The van der Waals surface area contributed by atoms with Gasteiger partial charge in [-0.2, -0.15) is 0 Å². The van der Waals surface area contributed by atoms with E-state index in [-0.39, 0.29) is 5.41 Å². The Labute approximate surface area is 227 Å². The van der Waals surface area contributed by atoms with Crippen molar-refractivity contribution >= 4 is 35.0 Å². The van der Waals surface area contributed by atoms with Crippen LogP contribution in [0.2, 0.25) is 5.02 Å². The number of fused-ring (bicyclic) bond motifs is 1. The second-order valence-electron chi connectivity index (χ2n) is 10.2. The van der Waals surface area contributed by atoms with Crippen molar-refractivity contribution < 1.29 is 34.8 Å². The topological polar surface area (TPSA) is 156 Å². The second kappa shape index (κ2) is 14.2. The quantitative estimate of drug-likeness (QED) is 0.277. The van der Waals surface area contributed by atoms with E-state index in [9.17, 15) is 14.4 Å². The van der Waals surface area contributed by atoms with Crippen molar-refractivity contribution in [1.82, 2.24) is 5.32 Å². The molecule has 0 spiro atoms. The molecule has 2 atom stereocenters.